The number of hydrogen-bond donors (Lipinski definition) is 1. The molecule has 0 saturated carbocycles. The molecule has 2 rings (SSSR count). The molecule has 2 aromatic rings. The summed E-state index contributed by atoms with van der Waals surface area (Å²) in [5, 5.41) is 3.83. The zero-order valence-corrected chi connectivity index (χ0v) is 12.8. The molecule has 0 unspecified atom stereocenters. The van der Waals surface area contributed by atoms with Crippen molar-refractivity contribution in [2.24, 2.45) is 0 Å². The molecular formula is C14H14BrClN2O. The Morgan fingerprint density at radius 2 is 2.16 bits per heavy atom. The zero-order valence-electron chi connectivity index (χ0n) is 10.5. The largest absolute Gasteiger partial charge is 0.437 e. The fourth-order valence-corrected chi connectivity index (χ4v) is 2.13. The molecule has 1 heterocycles. The maximum Gasteiger partial charge on any atom is 0.223 e. The van der Waals surface area contributed by atoms with Crippen LogP contribution in [0.15, 0.2) is 41.0 Å². The van der Waals surface area contributed by atoms with Crippen LogP contribution in [0, 0.1) is 0 Å². The van der Waals surface area contributed by atoms with E-state index in [1.807, 2.05) is 24.3 Å². The summed E-state index contributed by atoms with van der Waals surface area (Å²) in [6, 6.07) is 9.35. The number of nitrogens with one attached hydrogen (secondary N) is 1. The summed E-state index contributed by atoms with van der Waals surface area (Å²) in [5.41, 5.74) is 0.983. The topological polar surface area (TPSA) is 34.2 Å². The van der Waals surface area contributed by atoms with Crippen molar-refractivity contribution < 1.29 is 4.74 Å². The third kappa shape index (κ3) is 3.93. The monoisotopic (exact) mass is 340 g/mol. The van der Waals surface area contributed by atoms with Crippen molar-refractivity contribution in [3.8, 4) is 11.6 Å². The molecule has 0 aliphatic heterocycles. The lowest BCUT2D eigenvalue weighted by Gasteiger charge is -2.11. The number of aromatic nitrogens is 1. The molecule has 0 aliphatic rings. The van der Waals surface area contributed by atoms with Crippen molar-refractivity contribution in [1.82, 2.24) is 10.3 Å². The lowest BCUT2D eigenvalue weighted by atomic mass is 10.2. The van der Waals surface area contributed by atoms with Gasteiger partial charge in [-0.25, -0.2) is 4.98 Å². The van der Waals surface area contributed by atoms with Crippen molar-refractivity contribution in [2.75, 3.05) is 6.54 Å². The SMILES string of the molecule is CCNCc1cc(Br)cnc1Oc1ccccc1Cl. The Bertz CT molecular complexity index is 563. The molecule has 1 aromatic carbocycles. The molecule has 0 radical (unpaired) electrons. The number of benzene rings is 1. The molecule has 0 spiro atoms. The second-order valence-electron chi connectivity index (χ2n) is 3.93. The van der Waals surface area contributed by atoms with Crippen LogP contribution in [0.5, 0.6) is 11.6 Å². The number of pyridine rings is 1. The standard InChI is InChI=1S/C14H14BrClN2O/c1-2-17-8-10-7-11(15)9-18-14(10)19-13-6-4-3-5-12(13)16/h3-7,9,17H,2,8H2,1H3. The first-order valence-electron chi connectivity index (χ1n) is 5.98. The summed E-state index contributed by atoms with van der Waals surface area (Å²) < 4.78 is 6.71. The summed E-state index contributed by atoms with van der Waals surface area (Å²) in [5.74, 6) is 1.17. The van der Waals surface area contributed by atoms with Gasteiger partial charge in [-0.15, -0.1) is 0 Å². The highest BCUT2D eigenvalue weighted by Crippen LogP contribution is 2.30. The van der Waals surface area contributed by atoms with Crippen molar-refractivity contribution in [3.63, 3.8) is 0 Å². The number of hydrogen-bond acceptors (Lipinski definition) is 3. The minimum Gasteiger partial charge on any atom is -0.437 e. The molecule has 1 N–H and O–H groups in total. The maximum absolute atomic E-state index is 6.08. The maximum atomic E-state index is 6.08. The van der Waals surface area contributed by atoms with E-state index in [1.165, 1.54) is 0 Å². The first-order valence-corrected chi connectivity index (χ1v) is 7.15. The van der Waals surface area contributed by atoms with Crippen LogP contribution in [0.4, 0.5) is 0 Å². The van der Waals surface area contributed by atoms with Crippen LogP contribution in [-0.2, 0) is 6.54 Å². The second kappa shape index (κ2) is 6.89. The molecule has 0 bridgehead atoms. The van der Waals surface area contributed by atoms with E-state index in [-0.39, 0.29) is 0 Å². The van der Waals surface area contributed by atoms with E-state index in [1.54, 1.807) is 12.3 Å². The Morgan fingerprint density at radius 1 is 1.37 bits per heavy atom. The van der Waals surface area contributed by atoms with Gasteiger partial charge in [0, 0.05) is 22.8 Å². The normalized spacial score (nSPS) is 10.5. The zero-order chi connectivity index (χ0) is 13.7. The third-order valence-electron chi connectivity index (χ3n) is 2.50. The molecule has 3 nitrogen and oxygen atoms in total. The van der Waals surface area contributed by atoms with E-state index in [9.17, 15) is 0 Å². The Hall–Kier alpha value is -1.10. The summed E-state index contributed by atoms with van der Waals surface area (Å²) >= 11 is 9.50. The van der Waals surface area contributed by atoms with Crippen molar-refractivity contribution >= 4 is 27.5 Å². The molecule has 0 fully saturated rings. The van der Waals surface area contributed by atoms with E-state index < -0.39 is 0 Å². The van der Waals surface area contributed by atoms with E-state index in [0.29, 0.717) is 23.2 Å². The molecule has 5 heteroatoms. The average molecular weight is 342 g/mol. The summed E-state index contributed by atoms with van der Waals surface area (Å²) in [4.78, 5) is 4.30. The van der Waals surface area contributed by atoms with E-state index in [4.69, 9.17) is 16.3 Å². The van der Waals surface area contributed by atoms with Crippen LogP contribution >= 0.6 is 27.5 Å². The molecule has 0 amide bonds. The van der Waals surface area contributed by atoms with E-state index in [0.717, 1.165) is 16.6 Å². The van der Waals surface area contributed by atoms with Crippen molar-refractivity contribution in [2.45, 2.75) is 13.5 Å². The Kier molecular flexibility index (Phi) is 5.19. The third-order valence-corrected chi connectivity index (χ3v) is 3.25. The summed E-state index contributed by atoms with van der Waals surface area (Å²) in [6.45, 7) is 3.64. The van der Waals surface area contributed by atoms with E-state index in [2.05, 4.69) is 33.2 Å². The molecule has 0 atom stereocenters. The second-order valence-corrected chi connectivity index (χ2v) is 5.25. The Labute approximate surface area is 126 Å². The van der Waals surface area contributed by atoms with Gasteiger partial charge in [0.25, 0.3) is 0 Å². The predicted octanol–water partition coefficient (Wildman–Crippen LogP) is 4.40. The summed E-state index contributed by atoms with van der Waals surface area (Å²) in [6.07, 6.45) is 1.71. The molecule has 100 valence electrons. The quantitative estimate of drug-likeness (QED) is 0.875. The van der Waals surface area contributed by atoms with Gasteiger partial charge in [-0.1, -0.05) is 30.7 Å². The van der Waals surface area contributed by atoms with Crippen LogP contribution in [0.1, 0.15) is 12.5 Å². The number of halogens is 2. The highest BCUT2D eigenvalue weighted by atomic mass is 79.9. The Balaban J connectivity index is 2.26. The molecule has 19 heavy (non-hydrogen) atoms. The first kappa shape index (κ1) is 14.3. The van der Waals surface area contributed by atoms with Gasteiger partial charge in [0.05, 0.1) is 5.02 Å². The van der Waals surface area contributed by atoms with Gasteiger partial charge in [-0.3, -0.25) is 0 Å². The van der Waals surface area contributed by atoms with Crippen LogP contribution in [0.3, 0.4) is 0 Å². The number of rotatable bonds is 5. The number of para-hydroxylation sites is 1. The lowest BCUT2D eigenvalue weighted by Crippen LogP contribution is -2.13. The fraction of sp³-hybridized carbons (Fsp3) is 0.214. The van der Waals surface area contributed by atoms with Gasteiger partial charge in [-0.2, -0.15) is 0 Å². The summed E-state index contributed by atoms with van der Waals surface area (Å²) in [7, 11) is 0. The van der Waals surface area contributed by atoms with E-state index >= 15 is 0 Å². The Morgan fingerprint density at radius 3 is 2.89 bits per heavy atom. The van der Waals surface area contributed by atoms with Gasteiger partial charge >= 0.3 is 0 Å². The molecule has 0 aliphatic carbocycles. The molecule has 0 saturated heterocycles. The minimum atomic E-state index is 0.567. The van der Waals surface area contributed by atoms with Gasteiger partial charge in [0.15, 0.2) is 0 Å². The fourth-order valence-electron chi connectivity index (χ4n) is 1.58. The predicted molar refractivity (Wildman–Crippen MR) is 80.8 cm³/mol. The van der Waals surface area contributed by atoms with Crippen LogP contribution in [0.25, 0.3) is 0 Å². The molecular weight excluding hydrogens is 328 g/mol. The highest BCUT2D eigenvalue weighted by Gasteiger charge is 2.09. The van der Waals surface area contributed by atoms with Gasteiger partial charge in [-0.05, 0) is 40.7 Å². The van der Waals surface area contributed by atoms with Crippen LogP contribution < -0.4 is 10.1 Å². The average Bonchev–Trinajstić information content (AvgIpc) is 2.41. The lowest BCUT2D eigenvalue weighted by molar-refractivity contribution is 0.453. The van der Waals surface area contributed by atoms with Gasteiger partial charge < -0.3 is 10.1 Å². The van der Waals surface area contributed by atoms with Crippen LogP contribution in [-0.4, -0.2) is 11.5 Å². The van der Waals surface area contributed by atoms with Crippen molar-refractivity contribution in [3.05, 3.63) is 51.6 Å². The highest BCUT2D eigenvalue weighted by molar-refractivity contribution is 9.10. The van der Waals surface area contributed by atoms with Gasteiger partial charge in [0.1, 0.15) is 5.75 Å². The minimum absolute atomic E-state index is 0.567. The molecule has 1 aromatic heterocycles. The number of nitrogens with zero attached hydrogens (tertiary/aromatic N) is 1. The van der Waals surface area contributed by atoms with Crippen molar-refractivity contribution in [1.29, 1.82) is 0 Å². The van der Waals surface area contributed by atoms with Gasteiger partial charge in [0.2, 0.25) is 5.88 Å². The van der Waals surface area contributed by atoms with Crippen LogP contribution in [0.2, 0.25) is 5.02 Å². The first-order chi connectivity index (χ1) is 9.20. The number of ether oxygens (including phenoxy) is 1. The smallest absolute Gasteiger partial charge is 0.223 e.